The van der Waals surface area contributed by atoms with Crippen LogP contribution in [0.4, 0.5) is 5.82 Å². The first kappa shape index (κ1) is 20.5. The van der Waals surface area contributed by atoms with Crippen LogP contribution in [0.15, 0.2) is 35.5 Å². The standard InChI is InChI=1S/C23H34N2O/c1-2-3-4-5-6-7-8-9-10-11-12-13-14-17-22(26)21-19-20-16-15-18-24-23(20)25-21/h7-8,15-16,18H,2-6,9-14,17,19H2,1H3/b8-7-. The van der Waals surface area contributed by atoms with E-state index in [-0.39, 0.29) is 5.78 Å². The molecule has 2 heterocycles. The van der Waals surface area contributed by atoms with E-state index in [4.69, 9.17) is 0 Å². The Hall–Kier alpha value is -1.77. The summed E-state index contributed by atoms with van der Waals surface area (Å²) in [6, 6.07) is 3.91. The van der Waals surface area contributed by atoms with Crippen molar-refractivity contribution in [2.45, 2.75) is 90.4 Å². The lowest BCUT2D eigenvalue weighted by Gasteiger charge is -2.01. The largest absolute Gasteiger partial charge is 0.293 e. The number of aliphatic imine (C=N–C) groups is 1. The van der Waals surface area contributed by atoms with Crippen LogP contribution >= 0.6 is 0 Å². The highest BCUT2D eigenvalue weighted by atomic mass is 16.1. The summed E-state index contributed by atoms with van der Waals surface area (Å²) in [5.74, 6) is 0.934. The Morgan fingerprint density at radius 2 is 1.69 bits per heavy atom. The number of fused-ring (bicyclic) bond motifs is 1. The summed E-state index contributed by atoms with van der Waals surface area (Å²) in [4.78, 5) is 20.8. The van der Waals surface area contributed by atoms with Gasteiger partial charge in [-0.3, -0.25) is 4.79 Å². The van der Waals surface area contributed by atoms with Crippen LogP contribution in [-0.2, 0) is 11.2 Å². The van der Waals surface area contributed by atoms with Gasteiger partial charge in [-0.2, -0.15) is 0 Å². The molecule has 0 fully saturated rings. The molecule has 0 amide bonds. The number of carbonyl (C=O) groups excluding carboxylic acids is 1. The Labute approximate surface area is 159 Å². The Bertz CT molecular complexity index is 604. The van der Waals surface area contributed by atoms with Crippen LogP contribution in [0, 0.1) is 0 Å². The van der Waals surface area contributed by atoms with Gasteiger partial charge >= 0.3 is 0 Å². The molecule has 0 radical (unpaired) electrons. The Morgan fingerprint density at radius 1 is 1.00 bits per heavy atom. The lowest BCUT2D eigenvalue weighted by atomic mass is 10.0. The Kier molecular flexibility index (Phi) is 9.92. The van der Waals surface area contributed by atoms with Gasteiger partial charge in [-0.25, -0.2) is 9.98 Å². The van der Waals surface area contributed by atoms with Crippen molar-refractivity contribution in [1.82, 2.24) is 4.98 Å². The zero-order valence-corrected chi connectivity index (χ0v) is 16.4. The number of allylic oxidation sites excluding steroid dienone is 2. The number of Topliss-reactive ketones (excluding diaryl/α,β-unsaturated/α-hetero) is 1. The fourth-order valence-corrected chi connectivity index (χ4v) is 3.32. The van der Waals surface area contributed by atoms with Crippen molar-refractivity contribution < 1.29 is 4.79 Å². The first-order chi connectivity index (χ1) is 12.8. The van der Waals surface area contributed by atoms with Crippen molar-refractivity contribution in [2.24, 2.45) is 4.99 Å². The highest BCUT2D eigenvalue weighted by Gasteiger charge is 2.20. The van der Waals surface area contributed by atoms with E-state index in [1.165, 1.54) is 57.8 Å². The number of unbranched alkanes of at least 4 members (excludes halogenated alkanes) is 9. The smallest absolute Gasteiger partial charge is 0.177 e. The molecule has 3 nitrogen and oxygen atoms in total. The lowest BCUT2D eigenvalue weighted by Crippen LogP contribution is -2.13. The van der Waals surface area contributed by atoms with Gasteiger partial charge in [-0.05, 0) is 38.2 Å². The molecule has 1 aliphatic heterocycles. The average molecular weight is 355 g/mol. The fourth-order valence-electron chi connectivity index (χ4n) is 3.32. The molecule has 0 aromatic carbocycles. The van der Waals surface area contributed by atoms with Crippen LogP contribution in [0.3, 0.4) is 0 Å². The number of carbonyl (C=O) groups is 1. The molecule has 1 aromatic rings. The molecule has 0 unspecified atom stereocenters. The molecule has 0 N–H and O–H groups in total. The molecule has 26 heavy (non-hydrogen) atoms. The van der Waals surface area contributed by atoms with Crippen LogP contribution in [0.25, 0.3) is 0 Å². The second-order valence-electron chi connectivity index (χ2n) is 7.27. The number of nitrogens with zero attached hydrogens (tertiary/aromatic N) is 2. The summed E-state index contributed by atoms with van der Waals surface area (Å²) in [7, 11) is 0. The van der Waals surface area contributed by atoms with Crippen LogP contribution in [0.5, 0.6) is 0 Å². The van der Waals surface area contributed by atoms with Crippen molar-refractivity contribution in [1.29, 1.82) is 0 Å². The monoisotopic (exact) mass is 354 g/mol. The van der Waals surface area contributed by atoms with E-state index in [9.17, 15) is 4.79 Å². The van der Waals surface area contributed by atoms with Gasteiger partial charge < -0.3 is 0 Å². The first-order valence-electron chi connectivity index (χ1n) is 10.5. The molecule has 142 valence electrons. The summed E-state index contributed by atoms with van der Waals surface area (Å²) < 4.78 is 0. The van der Waals surface area contributed by atoms with E-state index >= 15 is 0 Å². The molecule has 0 atom stereocenters. The Balaban J connectivity index is 1.44. The van der Waals surface area contributed by atoms with E-state index < -0.39 is 0 Å². The highest BCUT2D eigenvalue weighted by Crippen LogP contribution is 2.24. The molecular weight excluding hydrogens is 320 g/mol. The minimum absolute atomic E-state index is 0.203. The van der Waals surface area contributed by atoms with Crippen molar-refractivity contribution in [3.05, 3.63) is 36.0 Å². The van der Waals surface area contributed by atoms with Gasteiger partial charge in [0.25, 0.3) is 0 Å². The maximum Gasteiger partial charge on any atom is 0.177 e. The van der Waals surface area contributed by atoms with Gasteiger partial charge in [0.05, 0.1) is 5.71 Å². The number of aromatic nitrogens is 1. The van der Waals surface area contributed by atoms with E-state index in [0.29, 0.717) is 18.6 Å². The lowest BCUT2D eigenvalue weighted by molar-refractivity contribution is -0.113. The SMILES string of the molecule is CCCCCC/C=C\CCCCCCCC(=O)C1=Nc2ncccc2C1. The summed E-state index contributed by atoms with van der Waals surface area (Å²) in [5.41, 5.74) is 1.78. The fraction of sp³-hybridized carbons (Fsp3) is 0.609. The molecular formula is C23H34N2O. The third-order valence-electron chi connectivity index (χ3n) is 4.95. The molecule has 1 aromatic heterocycles. The summed E-state index contributed by atoms with van der Waals surface area (Å²) in [5, 5.41) is 0. The van der Waals surface area contributed by atoms with Gasteiger partial charge in [0.2, 0.25) is 0 Å². The van der Waals surface area contributed by atoms with Crippen molar-refractivity contribution in [3.63, 3.8) is 0 Å². The molecule has 2 rings (SSSR count). The van der Waals surface area contributed by atoms with E-state index in [0.717, 1.165) is 24.2 Å². The van der Waals surface area contributed by atoms with Crippen molar-refractivity contribution in [2.75, 3.05) is 0 Å². The summed E-state index contributed by atoms with van der Waals surface area (Å²) >= 11 is 0. The van der Waals surface area contributed by atoms with Crippen molar-refractivity contribution >= 4 is 17.3 Å². The molecule has 3 heteroatoms. The van der Waals surface area contributed by atoms with Crippen LogP contribution in [0.2, 0.25) is 0 Å². The highest BCUT2D eigenvalue weighted by molar-refractivity contribution is 6.41. The minimum Gasteiger partial charge on any atom is -0.293 e. The topological polar surface area (TPSA) is 42.3 Å². The number of rotatable bonds is 14. The number of hydrogen-bond donors (Lipinski definition) is 0. The maximum atomic E-state index is 12.2. The second kappa shape index (κ2) is 12.6. The zero-order chi connectivity index (χ0) is 18.5. The molecule has 1 aliphatic rings. The first-order valence-corrected chi connectivity index (χ1v) is 10.5. The number of pyridine rings is 1. The van der Waals surface area contributed by atoms with Crippen LogP contribution < -0.4 is 0 Å². The third kappa shape index (κ3) is 7.63. The summed E-state index contributed by atoms with van der Waals surface area (Å²) in [6.07, 6.45) is 21.4. The van der Waals surface area contributed by atoms with Crippen LogP contribution in [0.1, 0.15) is 89.5 Å². The van der Waals surface area contributed by atoms with E-state index in [1.54, 1.807) is 6.20 Å². The van der Waals surface area contributed by atoms with Crippen LogP contribution in [-0.4, -0.2) is 16.5 Å². The normalized spacial score (nSPS) is 13.2. The van der Waals surface area contributed by atoms with Gasteiger partial charge in [-0.15, -0.1) is 0 Å². The van der Waals surface area contributed by atoms with E-state index in [1.807, 2.05) is 12.1 Å². The van der Waals surface area contributed by atoms with E-state index in [2.05, 4.69) is 29.1 Å². The predicted octanol–water partition coefficient (Wildman–Crippen LogP) is 6.54. The van der Waals surface area contributed by atoms with Gasteiger partial charge in [-0.1, -0.05) is 63.7 Å². The van der Waals surface area contributed by atoms with Gasteiger partial charge in [0, 0.05) is 24.6 Å². The number of ketones is 1. The second-order valence-corrected chi connectivity index (χ2v) is 7.27. The molecule has 0 saturated heterocycles. The van der Waals surface area contributed by atoms with Crippen molar-refractivity contribution in [3.8, 4) is 0 Å². The quantitative estimate of drug-likeness (QED) is 0.281. The minimum atomic E-state index is 0.203. The number of hydrogen-bond acceptors (Lipinski definition) is 3. The Morgan fingerprint density at radius 3 is 2.42 bits per heavy atom. The predicted molar refractivity (Wildman–Crippen MR) is 110 cm³/mol. The maximum absolute atomic E-state index is 12.2. The van der Waals surface area contributed by atoms with Gasteiger partial charge in [0.1, 0.15) is 0 Å². The molecule has 0 spiro atoms. The zero-order valence-electron chi connectivity index (χ0n) is 16.4. The molecule has 0 aliphatic carbocycles. The molecule has 0 bridgehead atoms. The average Bonchev–Trinajstić information content (AvgIpc) is 3.09. The third-order valence-corrected chi connectivity index (χ3v) is 4.95. The molecule has 0 saturated carbocycles. The van der Waals surface area contributed by atoms with Gasteiger partial charge in [0.15, 0.2) is 11.6 Å². The summed E-state index contributed by atoms with van der Waals surface area (Å²) in [6.45, 7) is 2.26.